The number of aromatic nitrogens is 1. The molecule has 7 nitrogen and oxygen atoms in total. The molecule has 0 aliphatic carbocycles. The van der Waals surface area contributed by atoms with Gasteiger partial charge >= 0.3 is 0 Å². The summed E-state index contributed by atoms with van der Waals surface area (Å²) in [4.78, 5) is 18.7. The van der Waals surface area contributed by atoms with Crippen molar-refractivity contribution >= 4 is 43.3 Å². The molecule has 0 spiro atoms. The predicted molar refractivity (Wildman–Crippen MR) is 96.6 cm³/mol. The molecule has 4 rings (SSSR count). The standard InChI is InChI=1S/C16H14N4O3S2/c21-16(17-10-14-18-12-5-1-2-6-13(12)24-14)11-4-3-7-20-8-9-25(22,23)19-15(11)20/h1-7H,8-10H2,(H,17,21). The first-order chi connectivity index (χ1) is 12.0. The van der Waals surface area contributed by atoms with Crippen molar-refractivity contribution in [2.75, 3.05) is 12.3 Å². The number of thiazole rings is 1. The third kappa shape index (κ3) is 3.20. The molecule has 1 amide bonds. The minimum atomic E-state index is -3.52. The van der Waals surface area contributed by atoms with E-state index in [1.165, 1.54) is 11.3 Å². The summed E-state index contributed by atoms with van der Waals surface area (Å²) in [6, 6.07) is 7.76. The van der Waals surface area contributed by atoms with Gasteiger partial charge in [0, 0.05) is 12.7 Å². The zero-order valence-corrected chi connectivity index (χ0v) is 14.7. The first-order valence-corrected chi connectivity index (χ1v) is 10.1. The number of benzene rings is 1. The van der Waals surface area contributed by atoms with Crippen molar-refractivity contribution < 1.29 is 13.2 Å². The summed E-state index contributed by atoms with van der Waals surface area (Å²) in [5.74, 6) is -0.249. The van der Waals surface area contributed by atoms with Crippen LogP contribution >= 0.6 is 11.3 Å². The molecule has 0 saturated heterocycles. The molecule has 2 aromatic rings. The van der Waals surface area contributed by atoms with E-state index in [4.69, 9.17) is 0 Å². The maximum absolute atomic E-state index is 12.5. The summed E-state index contributed by atoms with van der Waals surface area (Å²) in [6.07, 6.45) is 5.01. The lowest BCUT2D eigenvalue weighted by Crippen LogP contribution is -2.42. The van der Waals surface area contributed by atoms with Gasteiger partial charge in [0.1, 0.15) is 5.01 Å². The number of nitrogens with zero attached hydrogens (tertiary/aromatic N) is 3. The SMILES string of the molecule is O=C(NCc1nc2ccccc2s1)C1=CC=CN2CCS(=O)(=O)N=C12. The highest BCUT2D eigenvalue weighted by atomic mass is 32.2. The van der Waals surface area contributed by atoms with Gasteiger partial charge < -0.3 is 10.2 Å². The lowest BCUT2D eigenvalue weighted by Gasteiger charge is -2.28. The van der Waals surface area contributed by atoms with Gasteiger partial charge in [-0.05, 0) is 24.3 Å². The number of para-hydroxylation sites is 1. The van der Waals surface area contributed by atoms with Crippen molar-refractivity contribution in [3.05, 3.63) is 53.2 Å². The number of hydrogen-bond donors (Lipinski definition) is 1. The molecule has 2 aliphatic rings. The van der Waals surface area contributed by atoms with Crippen LogP contribution in [0.3, 0.4) is 0 Å². The monoisotopic (exact) mass is 374 g/mol. The Kier molecular flexibility index (Phi) is 3.89. The Morgan fingerprint density at radius 3 is 3.00 bits per heavy atom. The van der Waals surface area contributed by atoms with Crippen LogP contribution in [0.25, 0.3) is 10.2 Å². The van der Waals surface area contributed by atoms with Gasteiger partial charge in [0.2, 0.25) is 0 Å². The van der Waals surface area contributed by atoms with Crippen molar-refractivity contribution in [3.63, 3.8) is 0 Å². The zero-order chi connectivity index (χ0) is 17.4. The number of hydrogen-bond acceptors (Lipinski definition) is 6. The first kappa shape index (κ1) is 16.0. The van der Waals surface area contributed by atoms with Crippen LogP contribution < -0.4 is 5.32 Å². The molecular formula is C16H14N4O3S2. The second kappa shape index (κ2) is 6.08. The number of carbonyl (C=O) groups is 1. The van der Waals surface area contributed by atoms with Gasteiger partial charge in [-0.25, -0.2) is 13.4 Å². The van der Waals surface area contributed by atoms with Crippen LogP contribution in [-0.2, 0) is 21.4 Å². The Balaban J connectivity index is 1.53. The first-order valence-electron chi connectivity index (χ1n) is 7.63. The summed E-state index contributed by atoms with van der Waals surface area (Å²) < 4.78 is 28.3. The van der Waals surface area contributed by atoms with E-state index in [0.29, 0.717) is 6.54 Å². The van der Waals surface area contributed by atoms with Crippen molar-refractivity contribution in [2.45, 2.75) is 6.54 Å². The minimum Gasteiger partial charge on any atom is -0.345 e. The zero-order valence-electron chi connectivity index (χ0n) is 13.0. The van der Waals surface area contributed by atoms with Crippen molar-refractivity contribution in [2.24, 2.45) is 4.40 Å². The molecule has 0 bridgehead atoms. The van der Waals surface area contributed by atoms with E-state index in [1.807, 2.05) is 24.3 Å². The molecule has 3 heterocycles. The molecule has 2 aliphatic heterocycles. The summed E-state index contributed by atoms with van der Waals surface area (Å²) in [5.41, 5.74) is 1.14. The quantitative estimate of drug-likeness (QED) is 0.877. The van der Waals surface area contributed by atoms with Gasteiger partial charge in [0.25, 0.3) is 15.9 Å². The smallest absolute Gasteiger partial charge is 0.256 e. The van der Waals surface area contributed by atoms with E-state index in [1.54, 1.807) is 23.3 Å². The summed E-state index contributed by atoms with van der Waals surface area (Å²) >= 11 is 1.51. The average molecular weight is 374 g/mol. The Morgan fingerprint density at radius 1 is 1.32 bits per heavy atom. The molecule has 1 N–H and O–H groups in total. The second-order valence-corrected chi connectivity index (χ2v) is 8.44. The van der Waals surface area contributed by atoms with Gasteiger partial charge in [-0.2, -0.15) is 0 Å². The molecule has 128 valence electrons. The van der Waals surface area contributed by atoms with Crippen molar-refractivity contribution in [1.82, 2.24) is 15.2 Å². The number of sulfonamides is 1. The van der Waals surface area contributed by atoms with E-state index in [9.17, 15) is 13.2 Å². The number of rotatable bonds is 3. The maximum atomic E-state index is 12.5. The van der Waals surface area contributed by atoms with Crippen LogP contribution in [0.15, 0.2) is 52.6 Å². The lowest BCUT2D eigenvalue weighted by atomic mass is 10.1. The van der Waals surface area contributed by atoms with E-state index < -0.39 is 10.0 Å². The molecule has 1 aromatic heterocycles. The fraction of sp³-hybridized carbons (Fsp3) is 0.188. The average Bonchev–Trinajstić information content (AvgIpc) is 3.01. The Bertz CT molecular complexity index is 1020. The highest BCUT2D eigenvalue weighted by Crippen LogP contribution is 2.22. The number of allylic oxidation sites excluding steroid dienone is 2. The maximum Gasteiger partial charge on any atom is 0.256 e. The molecule has 25 heavy (non-hydrogen) atoms. The van der Waals surface area contributed by atoms with Gasteiger partial charge in [0.15, 0.2) is 5.84 Å². The molecule has 1 aromatic carbocycles. The van der Waals surface area contributed by atoms with E-state index in [2.05, 4.69) is 14.7 Å². The topological polar surface area (TPSA) is 91.7 Å². The van der Waals surface area contributed by atoms with E-state index in [-0.39, 0.29) is 29.6 Å². The Hall–Kier alpha value is -2.52. The number of nitrogens with one attached hydrogen (secondary N) is 1. The molecular weight excluding hydrogens is 360 g/mol. The highest BCUT2D eigenvalue weighted by molar-refractivity contribution is 7.90. The van der Waals surface area contributed by atoms with Gasteiger partial charge in [0.05, 0.1) is 28.1 Å². The third-order valence-electron chi connectivity index (χ3n) is 3.84. The molecule has 0 unspecified atom stereocenters. The normalized spacial score (nSPS) is 18.5. The Morgan fingerprint density at radius 2 is 2.16 bits per heavy atom. The van der Waals surface area contributed by atoms with Crippen LogP contribution in [0, 0.1) is 0 Å². The molecule has 0 atom stereocenters. The lowest BCUT2D eigenvalue weighted by molar-refractivity contribution is -0.117. The molecule has 0 saturated carbocycles. The Labute approximate surface area is 148 Å². The van der Waals surface area contributed by atoms with Crippen molar-refractivity contribution in [1.29, 1.82) is 0 Å². The summed E-state index contributed by atoms with van der Waals surface area (Å²) in [6.45, 7) is 0.569. The van der Waals surface area contributed by atoms with E-state index in [0.717, 1.165) is 15.2 Å². The van der Waals surface area contributed by atoms with Gasteiger partial charge in [-0.15, -0.1) is 15.7 Å². The molecule has 0 radical (unpaired) electrons. The van der Waals surface area contributed by atoms with Crippen LogP contribution in [0.5, 0.6) is 0 Å². The summed E-state index contributed by atoms with van der Waals surface area (Å²) in [5, 5.41) is 3.58. The van der Waals surface area contributed by atoms with Crippen LogP contribution in [0.1, 0.15) is 5.01 Å². The predicted octanol–water partition coefficient (Wildman–Crippen LogP) is 1.41. The highest BCUT2D eigenvalue weighted by Gasteiger charge is 2.29. The second-order valence-electron chi connectivity index (χ2n) is 5.57. The fourth-order valence-electron chi connectivity index (χ4n) is 2.64. The van der Waals surface area contributed by atoms with Crippen molar-refractivity contribution in [3.8, 4) is 0 Å². The van der Waals surface area contributed by atoms with Gasteiger partial charge in [-0.3, -0.25) is 4.79 Å². The van der Waals surface area contributed by atoms with Crippen LogP contribution in [-0.4, -0.2) is 42.3 Å². The number of amidine groups is 1. The molecule has 9 heteroatoms. The van der Waals surface area contributed by atoms with Gasteiger partial charge in [-0.1, -0.05) is 12.1 Å². The van der Waals surface area contributed by atoms with Crippen LogP contribution in [0.4, 0.5) is 0 Å². The third-order valence-corrected chi connectivity index (χ3v) is 6.03. The number of fused-ring (bicyclic) bond motifs is 2. The minimum absolute atomic E-state index is 0.0541. The molecule has 0 fully saturated rings. The number of amides is 1. The fourth-order valence-corrected chi connectivity index (χ4v) is 4.53. The van der Waals surface area contributed by atoms with E-state index >= 15 is 0 Å². The summed E-state index contributed by atoms with van der Waals surface area (Å²) in [7, 11) is -3.52. The largest absolute Gasteiger partial charge is 0.345 e. The number of carbonyl (C=O) groups excluding carboxylic acids is 1. The van der Waals surface area contributed by atoms with Crippen LogP contribution in [0.2, 0.25) is 0 Å².